The minimum atomic E-state index is -0.477. The fourth-order valence-electron chi connectivity index (χ4n) is 3.27. The highest BCUT2D eigenvalue weighted by molar-refractivity contribution is 5.74. The molecule has 2 aromatic rings. The number of benzene rings is 2. The van der Waals surface area contributed by atoms with Crippen LogP contribution in [0.1, 0.15) is 36.1 Å². The van der Waals surface area contributed by atoms with Crippen LogP contribution in [0.25, 0.3) is 0 Å². The highest BCUT2D eigenvalue weighted by atomic mass is 19.1. The predicted octanol–water partition coefficient (Wildman–Crippen LogP) is 3.94. The molecule has 1 atom stereocenters. The second-order valence-electron chi connectivity index (χ2n) is 6.16. The number of fused-ring (bicyclic) bond motifs is 1. The van der Waals surface area contributed by atoms with Crippen molar-refractivity contribution in [3.8, 4) is 0 Å². The van der Waals surface area contributed by atoms with E-state index in [1.165, 1.54) is 18.2 Å². The second-order valence-corrected chi connectivity index (χ2v) is 6.16. The second kappa shape index (κ2) is 7.51. The van der Waals surface area contributed by atoms with Gasteiger partial charge in [-0.1, -0.05) is 0 Å². The fourth-order valence-corrected chi connectivity index (χ4v) is 3.27. The van der Waals surface area contributed by atoms with Crippen molar-refractivity contribution in [1.29, 1.82) is 0 Å². The van der Waals surface area contributed by atoms with Gasteiger partial charge in [0.15, 0.2) is 0 Å². The minimum absolute atomic E-state index is 0.0791. The first-order chi connectivity index (χ1) is 12.5. The first kappa shape index (κ1) is 17.8. The summed E-state index contributed by atoms with van der Waals surface area (Å²) < 4.78 is 17.9. The smallest absolute Gasteiger partial charge is 0.310 e. The van der Waals surface area contributed by atoms with E-state index in [1.54, 1.807) is 25.1 Å². The van der Waals surface area contributed by atoms with Gasteiger partial charge in [0.05, 0.1) is 24.0 Å². The first-order valence-electron chi connectivity index (χ1n) is 8.45. The Morgan fingerprint density at radius 3 is 2.73 bits per heavy atom. The predicted molar refractivity (Wildman–Crippen MR) is 94.5 cm³/mol. The largest absolute Gasteiger partial charge is 0.466 e. The van der Waals surface area contributed by atoms with Crippen LogP contribution in [0.5, 0.6) is 0 Å². The molecular weight excluding hydrogens is 339 g/mol. The van der Waals surface area contributed by atoms with Crippen LogP contribution in [0.3, 0.4) is 0 Å². The Labute approximate surface area is 150 Å². The highest BCUT2D eigenvalue weighted by Gasteiger charge is 2.28. The maximum absolute atomic E-state index is 13.0. The van der Waals surface area contributed by atoms with Crippen LogP contribution >= 0.6 is 0 Å². The Hall–Kier alpha value is -2.96. The topological polar surface area (TPSA) is 81.5 Å². The number of nitro groups is 1. The number of anilines is 1. The van der Waals surface area contributed by atoms with Gasteiger partial charge in [-0.15, -0.1) is 0 Å². The van der Waals surface area contributed by atoms with Crippen molar-refractivity contribution in [2.24, 2.45) is 0 Å². The van der Waals surface area contributed by atoms with Gasteiger partial charge in [0.1, 0.15) is 5.82 Å². The number of halogens is 1. The van der Waals surface area contributed by atoms with Gasteiger partial charge in [0.2, 0.25) is 0 Å². The number of nitrogens with one attached hydrogen (secondary N) is 1. The summed E-state index contributed by atoms with van der Waals surface area (Å²) in [5.74, 6) is -0.795. The molecule has 6 nitrogen and oxygen atoms in total. The summed E-state index contributed by atoms with van der Waals surface area (Å²) >= 11 is 0. The molecule has 0 spiro atoms. The van der Waals surface area contributed by atoms with Gasteiger partial charge in [-0.3, -0.25) is 14.9 Å². The molecule has 1 aliphatic rings. The number of nitrogens with zero attached hydrogens (tertiary/aromatic N) is 1. The lowest BCUT2D eigenvalue weighted by atomic mass is 10.0. The van der Waals surface area contributed by atoms with Crippen LogP contribution in [-0.4, -0.2) is 17.5 Å². The van der Waals surface area contributed by atoms with E-state index in [-0.39, 0.29) is 30.6 Å². The van der Waals surface area contributed by atoms with E-state index < -0.39 is 10.9 Å². The highest BCUT2D eigenvalue weighted by Crippen LogP contribution is 2.38. The van der Waals surface area contributed by atoms with Crippen molar-refractivity contribution in [2.75, 3.05) is 11.9 Å². The van der Waals surface area contributed by atoms with Crippen LogP contribution in [-0.2, 0) is 22.4 Å². The van der Waals surface area contributed by atoms with Crippen molar-refractivity contribution >= 4 is 17.3 Å². The third-order valence-corrected chi connectivity index (χ3v) is 4.44. The van der Waals surface area contributed by atoms with Gasteiger partial charge in [0, 0.05) is 17.3 Å². The van der Waals surface area contributed by atoms with Crippen molar-refractivity contribution in [3.63, 3.8) is 0 Å². The Morgan fingerprint density at radius 1 is 1.35 bits per heavy atom. The molecule has 7 heteroatoms. The van der Waals surface area contributed by atoms with Crippen LogP contribution in [0.2, 0.25) is 0 Å². The fraction of sp³-hybridized carbons (Fsp3) is 0.316. The zero-order valence-electron chi connectivity index (χ0n) is 14.3. The average molecular weight is 358 g/mol. The van der Waals surface area contributed by atoms with E-state index in [4.69, 9.17) is 4.74 Å². The van der Waals surface area contributed by atoms with Gasteiger partial charge >= 0.3 is 5.97 Å². The number of rotatable bonds is 6. The quantitative estimate of drug-likeness (QED) is 0.480. The number of carbonyl (C=O) groups is 1. The zero-order chi connectivity index (χ0) is 18.7. The molecule has 1 N–H and O–H groups in total. The number of aryl methyl sites for hydroxylation is 1. The number of nitro benzene ring substituents is 1. The molecule has 2 aromatic carbocycles. The molecule has 26 heavy (non-hydrogen) atoms. The Kier molecular flexibility index (Phi) is 5.16. The van der Waals surface area contributed by atoms with Crippen LogP contribution in [0.15, 0.2) is 36.4 Å². The summed E-state index contributed by atoms with van der Waals surface area (Å²) in [6.07, 6.45) is 1.40. The molecular formula is C19H19FN2O4. The van der Waals surface area contributed by atoms with Gasteiger partial charge in [-0.2, -0.15) is 0 Å². The lowest BCUT2D eigenvalue weighted by Crippen LogP contribution is -2.11. The van der Waals surface area contributed by atoms with Gasteiger partial charge < -0.3 is 10.1 Å². The molecule has 3 rings (SSSR count). The first-order valence-corrected chi connectivity index (χ1v) is 8.45. The van der Waals surface area contributed by atoms with E-state index in [0.29, 0.717) is 5.56 Å². The van der Waals surface area contributed by atoms with E-state index in [0.717, 1.165) is 29.7 Å². The van der Waals surface area contributed by atoms with Gasteiger partial charge in [0.25, 0.3) is 5.69 Å². The number of carbonyl (C=O) groups excluding carboxylic acids is 1. The zero-order valence-corrected chi connectivity index (χ0v) is 14.3. The number of esters is 1. The monoisotopic (exact) mass is 358 g/mol. The maximum atomic E-state index is 13.0. The molecule has 0 aliphatic heterocycles. The molecule has 136 valence electrons. The molecule has 0 bridgehead atoms. The number of hydrogen-bond donors (Lipinski definition) is 1. The maximum Gasteiger partial charge on any atom is 0.310 e. The molecule has 0 aromatic heterocycles. The number of ether oxygens (including phenoxy) is 1. The van der Waals surface area contributed by atoms with Gasteiger partial charge in [-0.25, -0.2) is 4.39 Å². The third kappa shape index (κ3) is 3.82. The minimum Gasteiger partial charge on any atom is -0.466 e. The van der Waals surface area contributed by atoms with Crippen molar-refractivity contribution < 1.29 is 18.8 Å². The van der Waals surface area contributed by atoms with E-state index in [2.05, 4.69) is 5.32 Å². The van der Waals surface area contributed by atoms with Crippen molar-refractivity contribution in [3.05, 3.63) is 69.0 Å². The lowest BCUT2D eigenvalue weighted by molar-refractivity contribution is -0.385. The Bertz CT molecular complexity index is 836. The van der Waals surface area contributed by atoms with E-state index >= 15 is 0 Å². The van der Waals surface area contributed by atoms with E-state index in [1.807, 2.05) is 0 Å². The average Bonchev–Trinajstić information content (AvgIpc) is 2.98. The summed E-state index contributed by atoms with van der Waals surface area (Å²) in [6.45, 7) is 1.93. The summed E-state index contributed by atoms with van der Waals surface area (Å²) in [4.78, 5) is 22.7. The third-order valence-electron chi connectivity index (χ3n) is 4.44. The Morgan fingerprint density at radius 2 is 2.08 bits per heavy atom. The molecule has 0 amide bonds. The molecule has 0 radical (unpaired) electrons. The number of hydrogen-bond acceptors (Lipinski definition) is 5. The Balaban J connectivity index is 1.87. The van der Waals surface area contributed by atoms with Crippen molar-refractivity contribution in [1.82, 2.24) is 0 Å². The van der Waals surface area contributed by atoms with E-state index in [9.17, 15) is 19.3 Å². The summed E-state index contributed by atoms with van der Waals surface area (Å²) in [7, 11) is 0. The van der Waals surface area contributed by atoms with Gasteiger partial charge in [-0.05, 0) is 61.2 Å². The molecule has 1 unspecified atom stereocenters. The molecule has 1 aliphatic carbocycles. The lowest BCUT2D eigenvalue weighted by Gasteiger charge is -2.16. The van der Waals surface area contributed by atoms with Crippen LogP contribution in [0, 0.1) is 15.9 Å². The molecule has 0 saturated heterocycles. The molecule has 0 heterocycles. The summed E-state index contributed by atoms with van der Waals surface area (Å²) in [6, 6.07) is 9.18. The molecule has 0 saturated carbocycles. The summed E-state index contributed by atoms with van der Waals surface area (Å²) in [5.41, 5.74) is 2.87. The van der Waals surface area contributed by atoms with Crippen LogP contribution in [0.4, 0.5) is 15.8 Å². The van der Waals surface area contributed by atoms with Crippen LogP contribution < -0.4 is 5.32 Å². The standard InChI is InChI=1S/C19H19FN2O4/c1-2-26-19(23)10-13-9-12-3-8-17(16(12)11-18(13)22(24)25)21-15-6-4-14(20)5-7-15/h4-7,9,11,17,21H,2-3,8,10H2,1H3. The summed E-state index contributed by atoms with van der Waals surface area (Å²) in [5, 5.41) is 14.7. The normalized spacial score (nSPS) is 15.4. The van der Waals surface area contributed by atoms with Crippen molar-refractivity contribution in [2.45, 2.75) is 32.2 Å². The SMILES string of the molecule is CCOC(=O)Cc1cc2c(cc1[N+](=O)[O-])C(Nc1ccc(F)cc1)CC2. The molecule has 0 fully saturated rings.